The molecule has 3 heteroatoms. The lowest BCUT2D eigenvalue weighted by molar-refractivity contribution is -0.858. The fourth-order valence-electron chi connectivity index (χ4n) is 1.73. The summed E-state index contributed by atoms with van der Waals surface area (Å²) in [5.74, 6) is 0.909. The summed E-state index contributed by atoms with van der Waals surface area (Å²) in [7, 11) is 4.23. The van der Waals surface area contributed by atoms with E-state index < -0.39 is 0 Å². The lowest BCUT2D eigenvalue weighted by atomic mass is 10.1. The number of quaternary nitrogens is 1. The van der Waals surface area contributed by atoms with Gasteiger partial charge in [-0.3, -0.25) is 0 Å². The monoisotopic (exact) mass is 250 g/mol. The molecule has 0 aliphatic rings. The van der Waals surface area contributed by atoms with E-state index in [4.69, 9.17) is 16.3 Å². The highest BCUT2D eigenvalue weighted by molar-refractivity contribution is 6.35. The third kappa shape index (κ3) is 2.90. The molecule has 1 N–H and O–H groups in total. The van der Waals surface area contributed by atoms with E-state index in [1.807, 2.05) is 36.4 Å². The second kappa shape index (κ2) is 5.39. The maximum atomic E-state index is 6.15. The van der Waals surface area contributed by atoms with Crippen molar-refractivity contribution in [1.82, 2.24) is 0 Å². The van der Waals surface area contributed by atoms with E-state index in [9.17, 15) is 0 Å². The van der Waals surface area contributed by atoms with Crippen molar-refractivity contribution in [1.29, 1.82) is 0 Å². The van der Waals surface area contributed by atoms with E-state index in [2.05, 4.69) is 14.1 Å². The first-order chi connectivity index (χ1) is 8.18. The highest BCUT2D eigenvalue weighted by Crippen LogP contribution is 2.30. The second-order valence-electron chi connectivity index (χ2n) is 4.40. The van der Waals surface area contributed by atoms with Crippen molar-refractivity contribution in [3.8, 4) is 5.75 Å². The van der Waals surface area contributed by atoms with Gasteiger partial charge in [-0.2, -0.15) is 0 Å². The van der Waals surface area contributed by atoms with E-state index in [1.54, 1.807) is 0 Å². The number of halogens is 1. The van der Waals surface area contributed by atoms with Crippen LogP contribution in [0.25, 0.3) is 10.8 Å². The van der Waals surface area contributed by atoms with Crippen LogP contribution >= 0.6 is 11.6 Å². The molecule has 2 rings (SSSR count). The van der Waals surface area contributed by atoms with Gasteiger partial charge in [0.2, 0.25) is 0 Å². The molecule has 0 amide bonds. The molecule has 0 aliphatic heterocycles. The molecule has 0 fully saturated rings. The minimum absolute atomic E-state index is 0.716. The van der Waals surface area contributed by atoms with Crippen LogP contribution in [0.2, 0.25) is 5.02 Å². The van der Waals surface area contributed by atoms with Crippen LogP contribution in [0.3, 0.4) is 0 Å². The molecule has 0 heterocycles. The summed E-state index contributed by atoms with van der Waals surface area (Å²) in [4.78, 5) is 1.38. The van der Waals surface area contributed by atoms with Gasteiger partial charge in [-0.25, -0.2) is 0 Å². The van der Waals surface area contributed by atoms with Crippen LogP contribution in [0.4, 0.5) is 0 Å². The van der Waals surface area contributed by atoms with Crippen LogP contribution in [0.15, 0.2) is 36.4 Å². The van der Waals surface area contributed by atoms with Crippen molar-refractivity contribution >= 4 is 22.4 Å². The molecule has 0 radical (unpaired) electrons. The van der Waals surface area contributed by atoms with E-state index in [1.165, 1.54) is 4.90 Å². The Balaban J connectivity index is 2.26. The topological polar surface area (TPSA) is 13.7 Å². The molecule has 0 saturated carbocycles. The molecule has 0 unspecified atom stereocenters. The van der Waals surface area contributed by atoms with Crippen molar-refractivity contribution in [2.45, 2.75) is 0 Å². The predicted molar refractivity (Wildman–Crippen MR) is 72.1 cm³/mol. The summed E-state index contributed by atoms with van der Waals surface area (Å²) in [6, 6.07) is 11.9. The fraction of sp³-hybridized carbons (Fsp3) is 0.286. The number of hydrogen-bond donors (Lipinski definition) is 1. The Morgan fingerprint density at radius 3 is 2.47 bits per heavy atom. The van der Waals surface area contributed by atoms with E-state index in [-0.39, 0.29) is 0 Å². The average Bonchev–Trinajstić information content (AvgIpc) is 2.32. The first kappa shape index (κ1) is 12.2. The molecule has 2 aromatic carbocycles. The van der Waals surface area contributed by atoms with Crippen LogP contribution in [0, 0.1) is 0 Å². The molecule has 2 nitrogen and oxygen atoms in total. The standard InChI is InChI=1S/C14H16ClNO/c1-16(2)9-10-17-14-8-7-13(15)11-5-3-4-6-12(11)14/h3-8H,9-10H2,1-2H3/p+1. The molecule has 0 spiro atoms. The first-order valence-electron chi connectivity index (χ1n) is 5.77. The van der Waals surface area contributed by atoms with Crippen molar-refractivity contribution in [3.63, 3.8) is 0 Å². The maximum Gasteiger partial charge on any atom is 0.137 e. The van der Waals surface area contributed by atoms with Gasteiger partial charge in [-0.15, -0.1) is 0 Å². The second-order valence-corrected chi connectivity index (χ2v) is 4.80. The molecular formula is C14H17ClNO+. The molecule has 0 atom stereocenters. The molecule has 0 aromatic heterocycles. The molecule has 0 saturated heterocycles. The Labute approximate surface area is 107 Å². The smallest absolute Gasteiger partial charge is 0.137 e. The van der Waals surface area contributed by atoms with Gasteiger partial charge in [0.15, 0.2) is 0 Å². The van der Waals surface area contributed by atoms with Crippen LogP contribution in [0.5, 0.6) is 5.75 Å². The van der Waals surface area contributed by atoms with Gasteiger partial charge in [-0.05, 0) is 12.1 Å². The van der Waals surface area contributed by atoms with Crippen LogP contribution in [-0.2, 0) is 0 Å². The summed E-state index contributed by atoms with van der Waals surface area (Å²) < 4.78 is 5.81. The van der Waals surface area contributed by atoms with Gasteiger partial charge in [0.05, 0.1) is 14.1 Å². The lowest BCUT2D eigenvalue weighted by Crippen LogP contribution is -3.06. The third-order valence-corrected chi connectivity index (χ3v) is 3.02. The number of ether oxygens (including phenoxy) is 1. The van der Waals surface area contributed by atoms with Crippen molar-refractivity contribution in [3.05, 3.63) is 41.4 Å². The van der Waals surface area contributed by atoms with Gasteiger partial charge in [0, 0.05) is 15.8 Å². The van der Waals surface area contributed by atoms with Gasteiger partial charge in [-0.1, -0.05) is 35.9 Å². The van der Waals surface area contributed by atoms with Crippen molar-refractivity contribution < 1.29 is 9.64 Å². The highest BCUT2D eigenvalue weighted by Gasteiger charge is 2.05. The average molecular weight is 251 g/mol. The summed E-state index contributed by atoms with van der Waals surface area (Å²) in [6.45, 7) is 1.70. The zero-order chi connectivity index (χ0) is 12.3. The summed E-state index contributed by atoms with van der Waals surface area (Å²) >= 11 is 6.15. The van der Waals surface area contributed by atoms with Crippen LogP contribution in [0.1, 0.15) is 0 Å². The van der Waals surface area contributed by atoms with Gasteiger partial charge in [0.1, 0.15) is 18.9 Å². The van der Waals surface area contributed by atoms with Crippen molar-refractivity contribution in [2.24, 2.45) is 0 Å². The molecule has 2 aromatic rings. The summed E-state index contributed by atoms with van der Waals surface area (Å²) in [6.07, 6.45) is 0. The minimum Gasteiger partial charge on any atom is -0.487 e. The number of rotatable bonds is 4. The lowest BCUT2D eigenvalue weighted by Gasteiger charge is -2.11. The van der Waals surface area contributed by atoms with E-state index >= 15 is 0 Å². The predicted octanol–water partition coefficient (Wildman–Crippen LogP) is 2.02. The highest BCUT2D eigenvalue weighted by atomic mass is 35.5. The zero-order valence-corrected chi connectivity index (χ0v) is 10.9. The molecule has 90 valence electrons. The number of fused-ring (bicyclic) bond motifs is 1. The summed E-state index contributed by atoms with van der Waals surface area (Å²) in [5, 5.41) is 2.89. The largest absolute Gasteiger partial charge is 0.487 e. The Kier molecular flexibility index (Phi) is 3.87. The van der Waals surface area contributed by atoms with Crippen molar-refractivity contribution in [2.75, 3.05) is 27.2 Å². The van der Waals surface area contributed by atoms with Crippen LogP contribution in [-0.4, -0.2) is 27.2 Å². The summed E-state index contributed by atoms with van der Waals surface area (Å²) in [5.41, 5.74) is 0. The first-order valence-corrected chi connectivity index (χ1v) is 6.15. The van der Waals surface area contributed by atoms with Gasteiger partial charge in [0.25, 0.3) is 0 Å². The SMILES string of the molecule is C[NH+](C)CCOc1ccc(Cl)c2ccccc12. The van der Waals surface area contributed by atoms with E-state index in [0.717, 1.165) is 28.1 Å². The Morgan fingerprint density at radius 1 is 1.06 bits per heavy atom. The molecule has 0 bridgehead atoms. The number of nitrogens with one attached hydrogen (secondary N) is 1. The third-order valence-electron chi connectivity index (χ3n) is 2.69. The normalized spacial score (nSPS) is 11.1. The Hall–Kier alpha value is -1.25. The molecule has 0 aliphatic carbocycles. The van der Waals surface area contributed by atoms with Gasteiger partial charge < -0.3 is 9.64 Å². The van der Waals surface area contributed by atoms with E-state index in [0.29, 0.717) is 6.61 Å². The quantitative estimate of drug-likeness (QED) is 0.877. The van der Waals surface area contributed by atoms with Crippen LogP contribution < -0.4 is 9.64 Å². The number of benzene rings is 2. The molecular weight excluding hydrogens is 234 g/mol. The molecule has 17 heavy (non-hydrogen) atoms. The Morgan fingerprint density at radius 2 is 1.76 bits per heavy atom. The Bertz CT molecular complexity index is 511. The maximum absolute atomic E-state index is 6.15. The number of hydrogen-bond acceptors (Lipinski definition) is 1. The van der Waals surface area contributed by atoms with Gasteiger partial charge >= 0.3 is 0 Å². The fourth-order valence-corrected chi connectivity index (χ4v) is 1.95. The number of likely N-dealkylation sites (N-methyl/N-ethyl adjacent to an activating group) is 1. The zero-order valence-electron chi connectivity index (χ0n) is 10.2. The minimum atomic E-state index is 0.716.